The number of methoxy groups -OCH3 is 1. The number of H-pyrrole nitrogens is 1. The maximum atomic E-state index is 14.7. The van der Waals surface area contributed by atoms with E-state index >= 15 is 0 Å². The molecule has 11 rings (SSSR count). The fourth-order valence-corrected chi connectivity index (χ4v) is 13.9. The number of piperidine rings is 1. The number of nitro groups is 1. The van der Waals surface area contributed by atoms with Gasteiger partial charge in [0.1, 0.15) is 23.1 Å². The number of hydrogen-bond donors (Lipinski definition) is 3. The summed E-state index contributed by atoms with van der Waals surface area (Å²) in [6, 6.07) is 23.0. The lowest BCUT2D eigenvalue weighted by Crippen LogP contribution is -2.55. The van der Waals surface area contributed by atoms with Crippen LogP contribution in [-0.2, 0) is 19.5 Å². The molecule has 16 nitrogen and oxygen atoms in total. The summed E-state index contributed by atoms with van der Waals surface area (Å²) in [4.78, 5) is 41.5. The average molecular weight is 1000 g/mol. The molecule has 2 saturated carbocycles. The zero-order valence-electron chi connectivity index (χ0n) is 41.9. The molecule has 2 aliphatic carbocycles. The molecule has 6 aliphatic rings. The van der Waals surface area contributed by atoms with Crippen molar-refractivity contribution in [3.05, 3.63) is 106 Å². The van der Waals surface area contributed by atoms with Crippen LogP contribution in [0.5, 0.6) is 5.88 Å². The van der Waals surface area contributed by atoms with Crippen LogP contribution in [0.2, 0.25) is 0 Å². The number of aromatic amines is 1. The molecular weight excluding hydrogens is 933 g/mol. The fourth-order valence-electron chi connectivity index (χ4n) is 12.9. The number of aromatic nitrogens is 2. The molecule has 3 aromatic carbocycles. The van der Waals surface area contributed by atoms with Crippen LogP contribution in [0.25, 0.3) is 11.0 Å². The molecule has 3 saturated heterocycles. The van der Waals surface area contributed by atoms with E-state index in [1.165, 1.54) is 48.9 Å². The van der Waals surface area contributed by atoms with E-state index in [0.29, 0.717) is 67.1 Å². The Morgan fingerprint density at radius 2 is 1.76 bits per heavy atom. The molecular formula is C55H68N8O8S. The second-order valence-electron chi connectivity index (χ2n) is 22.0. The van der Waals surface area contributed by atoms with Gasteiger partial charge < -0.3 is 34.3 Å². The Balaban J connectivity index is 0.858. The predicted octanol–water partition coefficient (Wildman–Crippen LogP) is 9.99. The van der Waals surface area contributed by atoms with Crippen molar-refractivity contribution in [1.82, 2.24) is 19.6 Å². The smallest absolute Gasteiger partial charge is 0.293 e. The Labute approximate surface area is 422 Å². The standard InChI is InChI=1S/C55H68N8O8S/c1-35(2)41-8-5-6-9-42(41)45-10-7-24-61(45)39-31-55(32-39)21-25-60(26-22-55)38-11-13-43(46(29-38)62-48-28-37-17-23-56-51(37)58-53(48)71-50-18-27-70-34-49(50)62)52(64)59-72(67,68)40-12-14-44(47(30-40)63(65)66)57-33-36-15-19-54(3,69-4)20-16-36/h5-6,8-9,11-14,17,23,28-30,35-36,39,45,49-50,57H,7,10,15-16,18-22,24-27,31-34H2,1-4H3,(H,56,58)(H,59,64)/t36?,45-,49+,50-,54?/m0/s1. The van der Waals surface area contributed by atoms with E-state index in [4.69, 9.17) is 19.2 Å². The molecule has 1 amide bonds. The topological polar surface area (TPSA) is 184 Å². The number of sulfonamides is 1. The summed E-state index contributed by atoms with van der Waals surface area (Å²) in [6.07, 6.45) is 12.6. The van der Waals surface area contributed by atoms with Gasteiger partial charge in [0.15, 0.2) is 0 Å². The highest BCUT2D eigenvalue weighted by molar-refractivity contribution is 7.90. The molecule has 0 unspecified atom stereocenters. The molecule has 1 spiro atoms. The highest BCUT2D eigenvalue weighted by atomic mass is 32.2. The summed E-state index contributed by atoms with van der Waals surface area (Å²) < 4.78 is 49.0. The van der Waals surface area contributed by atoms with Gasteiger partial charge in [-0.2, -0.15) is 4.98 Å². The second kappa shape index (κ2) is 19.3. The van der Waals surface area contributed by atoms with Crippen LogP contribution in [0.4, 0.5) is 28.4 Å². The van der Waals surface area contributed by atoms with Gasteiger partial charge in [-0.1, -0.05) is 38.1 Å². The number of rotatable bonds is 13. The van der Waals surface area contributed by atoms with Gasteiger partial charge in [0.25, 0.3) is 21.6 Å². The number of anilines is 4. The number of amides is 1. The lowest BCUT2D eigenvalue weighted by molar-refractivity contribution is -0.384. The lowest BCUT2D eigenvalue weighted by Gasteiger charge is -2.56. The summed E-state index contributed by atoms with van der Waals surface area (Å²) in [5, 5.41) is 16.5. The van der Waals surface area contributed by atoms with Gasteiger partial charge in [0.2, 0.25) is 5.88 Å². The van der Waals surface area contributed by atoms with Crippen LogP contribution in [0.1, 0.15) is 125 Å². The Bertz CT molecular complexity index is 2960. The number of benzene rings is 3. The van der Waals surface area contributed by atoms with E-state index in [0.717, 1.165) is 75.3 Å². The first-order valence-corrected chi connectivity index (χ1v) is 27.6. The number of carbonyl (C=O) groups is 1. The summed E-state index contributed by atoms with van der Waals surface area (Å²) in [5.74, 6) is 0.308. The average Bonchev–Trinajstić information content (AvgIpc) is 4.06. The number of fused-ring (bicyclic) bond motifs is 3. The Hall–Kier alpha value is -5.75. The summed E-state index contributed by atoms with van der Waals surface area (Å²) in [6.45, 7) is 10.8. The van der Waals surface area contributed by atoms with Crippen LogP contribution in [0, 0.1) is 21.4 Å². The molecule has 5 fully saturated rings. The maximum Gasteiger partial charge on any atom is 0.293 e. The number of nitrogens with zero attached hydrogens (tertiary/aromatic N) is 5. The van der Waals surface area contributed by atoms with E-state index in [-0.39, 0.29) is 40.3 Å². The summed E-state index contributed by atoms with van der Waals surface area (Å²) in [7, 11) is -2.88. The van der Waals surface area contributed by atoms with Crippen LogP contribution in [0.15, 0.2) is 83.9 Å². The van der Waals surface area contributed by atoms with Crippen molar-refractivity contribution in [3.8, 4) is 5.88 Å². The number of nitrogens with one attached hydrogen (secondary N) is 3. The number of likely N-dealkylation sites (tertiary alicyclic amines) is 1. The number of hydrogen-bond acceptors (Lipinski definition) is 13. The molecule has 5 aromatic rings. The van der Waals surface area contributed by atoms with Crippen LogP contribution in [-0.4, -0.2) is 104 Å². The molecule has 3 N–H and O–H groups in total. The third-order valence-electron chi connectivity index (χ3n) is 17.3. The number of ether oxygens (including phenoxy) is 3. The first kappa shape index (κ1) is 48.5. The maximum absolute atomic E-state index is 14.7. The van der Waals surface area contributed by atoms with E-state index < -0.39 is 31.4 Å². The van der Waals surface area contributed by atoms with Crippen molar-refractivity contribution >= 4 is 55.4 Å². The van der Waals surface area contributed by atoms with Crippen molar-refractivity contribution in [2.24, 2.45) is 11.3 Å². The van der Waals surface area contributed by atoms with Gasteiger partial charge >= 0.3 is 0 Å². The van der Waals surface area contributed by atoms with E-state index in [1.54, 1.807) is 13.2 Å². The SMILES string of the molecule is COC1(C)CCC(CNc2ccc(S(=O)(=O)NC(=O)c3ccc(N4CCC5(CC4)CC(N4CCC[C@H]4c4ccccc4C(C)C)C5)cc3N3c4cc5cc[nH]c5nc4O[C@H]4CCOC[C@H]43)cc2[N+](=O)[O-])CC1. The van der Waals surface area contributed by atoms with Gasteiger partial charge in [-0.3, -0.25) is 19.8 Å². The van der Waals surface area contributed by atoms with Gasteiger partial charge in [-0.05, 0) is 149 Å². The molecule has 382 valence electrons. The zero-order valence-corrected chi connectivity index (χ0v) is 42.7. The Morgan fingerprint density at radius 1 is 0.972 bits per heavy atom. The minimum atomic E-state index is -4.60. The zero-order chi connectivity index (χ0) is 49.9. The molecule has 4 aliphatic heterocycles. The van der Waals surface area contributed by atoms with Crippen LogP contribution < -0.4 is 24.6 Å². The Morgan fingerprint density at radius 3 is 2.53 bits per heavy atom. The summed E-state index contributed by atoms with van der Waals surface area (Å²) >= 11 is 0. The van der Waals surface area contributed by atoms with Crippen molar-refractivity contribution in [2.75, 3.05) is 61.6 Å². The highest BCUT2D eigenvalue weighted by Gasteiger charge is 2.50. The molecule has 0 radical (unpaired) electrons. The molecule has 6 heterocycles. The van der Waals surface area contributed by atoms with Crippen molar-refractivity contribution in [3.63, 3.8) is 0 Å². The third kappa shape index (κ3) is 9.19. The first-order valence-electron chi connectivity index (χ1n) is 26.1. The minimum absolute atomic E-state index is 0.119. The predicted molar refractivity (Wildman–Crippen MR) is 278 cm³/mol. The molecule has 2 aromatic heterocycles. The van der Waals surface area contributed by atoms with E-state index in [1.807, 2.05) is 35.4 Å². The molecule has 72 heavy (non-hydrogen) atoms. The molecule has 0 bridgehead atoms. The van der Waals surface area contributed by atoms with Gasteiger partial charge in [0, 0.05) is 68.6 Å². The van der Waals surface area contributed by atoms with Crippen molar-refractivity contribution in [2.45, 2.75) is 132 Å². The minimum Gasteiger partial charge on any atom is -0.470 e. The number of carbonyl (C=O) groups excluding carboxylic acids is 1. The van der Waals surface area contributed by atoms with Gasteiger partial charge in [-0.25, -0.2) is 13.1 Å². The van der Waals surface area contributed by atoms with E-state index in [2.05, 4.69) is 69.9 Å². The number of pyridine rings is 1. The van der Waals surface area contributed by atoms with Crippen LogP contribution in [0.3, 0.4) is 0 Å². The van der Waals surface area contributed by atoms with Gasteiger partial charge in [0.05, 0.1) is 45.9 Å². The number of nitro benzene ring substituents is 1. The van der Waals surface area contributed by atoms with Gasteiger partial charge in [-0.15, -0.1) is 0 Å². The first-order chi connectivity index (χ1) is 34.7. The lowest BCUT2D eigenvalue weighted by atomic mass is 9.59. The molecule has 3 atom stereocenters. The monoisotopic (exact) mass is 1000 g/mol. The normalized spacial score (nSPS) is 25.5. The van der Waals surface area contributed by atoms with Crippen molar-refractivity contribution < 1.29 is 32.3 Å². The second-order valence-corrected chi connectivity index (χ2v) is 23.6. The quantitative estimate of drug-likeness (QED) is 0.0749. The van der Waals surface area contributed by atoms with Crippen LogP contribution >= 0.6 is 0 Å². The molecule has 17 heteroatoms. The Kier molecular flexibility index (Phi) is 13.0. The van der Waals surface area contributed by atoms with E-state index in [9.17, 15) is 23.3 Å². The highest BCUT2D eigenvalue weighted by Crippen LogP contribution is 2.55. The largest absolute Gasteiger partial charge is 0.470 e. The summed E-state index contributed by atoms with van der Waals surface area (Å²) in [5.41, 5.74) is 5.75. The fraction of sp³-hybridized carbons (Fsp3) is 0.527. The third-order valence-corrected chi connectivity index (χ3v) is 18.6. The van der Waals surface area contributed by atoms with Crippen molar-refractivity contribution in [1.29, 1.82) is 0 Å².